The molecule has 4 heteroatoms. The number of hydrogen-bond acceptors (Lipinski definition) is 4. The fraction of sp³-hybridized carbons (Fsp3) is 0.952. The van der Waals surface area contributed by atoms with Crippen molar-refractivity contribution in [1.29, 1.82) is 0 Å². The minimum Gasteiger partial charge on any atom is -0.353 e. The zero-order valence-electron chi connectivity index (χ0n) is 16.3. The topological polar surface area (TPSA) is 41.6 Å². The molecule has 0 aromatic rings. The molecule has 1 N–H and O–H groups in total. The molecule has 0 atom stereocenters. The van der Waals surface area contributed by atoms with E-state index in [0.29, 0.717) is 6.54 Å². The number of piperidine rings is 1. The quantitative estimate of drug-likeness (QED) is 0.816. The number of rotatable bonds is 2. The van der Waals surface area contributed by atoms with Crippen LogP contribution in [-0.4, -0.2) is 48.2 Å². The smallest absolute Gasteiger partial charge is 0.143 e. The Morgan fingerprint density at radius 3 is 1.92 bits per heavy atom. The van der Waals surface area contributed by atoms with Crippen molar-refractivity contribution in [2.24, 2.45) is 0 Å². The number of nitrogens with zero attached hydrogens (tertiary/aromatic N) is 1. The van der Waals surface area contributed by atoms with E-state index in [9.17, 15) is 4.79 Å². The molecule has 2 saturated heterocycles. The van der Waals surface area contributed by atoms with Gasteiger partial charge in [0.25, 0.3) is 0 Å². The molecule has 0 aromatic carbocycles. The third-order valence-electron chi connectivity index (χ3n) is 6.52. The number of ether oxygens (including phenoxy) is 1. The van der Waals surface area contributed by atoms with Crippen molar-refractivity contribution in [1.82, 2.24) is 10.2 Å². The maximum Gasteiger partial charge on any atom is 0.143 e. The molecule has 0 radical (unpaired) electrons. The summed E-state index contributed by atoms with van der Waals surface area (Å²) in [5, 5.41) is 3.47. The van der Waals surface area contributed by atoms with Crippen molar-refractivity contribution in [3.05, 3.63) is 0 Å². The summed E-state index contributed by atoms with van der Waals surface area (Å²) in [5.74, 6) is 0.278. The van der Waals surface area contributed by atoms with Crippen LogP contribution in [0.4, 0.5) is 0 Å². The Labute approximate surface area is 154 Å². The number of hydrogen-bond donors (Lipinski definition) is 1. The van der Waals surface area contributed by atoms with Gasteiger partial charge in [0.05, 0.1) is 12.1 Å². The van der Waals surface area contributed by atoms with Gasteiger partial charge in [-0.25, -0.2) is 0 Å². The lowest BCUT2D eigenvalue weighted by molar-refractivity contribution is -0.161. The van der Waals surface area contributed by atoms with Crippen LogP contribution in [0.3, 0.4) is 0 Å². The number of carbonyl (C=O) groups is 1. The molecule has 144 valence electrons. The molecule has 3 rings (SSSR count). The molecule has 0 bridgehead atoms. The number of carbonyl (C=O) groups excluding carboxylic acids is 1. The van der Waals surface area contributed by atoms with Crippen LogP contribution >= 0.6 is 0 Å². The average Bonchev–Trinajstić information content (AvgIpc) is 2.84. The van der Waals surface area contributed by atoms with Crippen LogP contribution in [0, 0.1) is 0 Å². The highest BCUT2D eigenvalue weighted by atomic mass is 16.6. The average molecular weight is 351 g/mol. The van der Waals surface area contributed by atoms with E-state index in [2.05, 4.69) is 10.2 Å². The Bertz CT molecular complexity index is 420. The lowest BCUT2D eigenvalue weighted by Gasteiger charge is -2.39. The van der Waals surface area contributed by atoms with Crippen molar-refractivity contribution in [3.8, 4) is 0 Å². The maximum atomic E-state index is 12.0. The van der Waals surface area contributed by atoms with E-state index in [-0.39, 0.29) is 17.1 Å². The SMILES string of the molecule is CC(=O)CN1CC2(CCNCC2)OC12CCCCCCCCCCC2. The standard InChI is InChI=1S/C21H38N2O2/c1-19(24)17-23-18-20(13-15-22-16-14-20)25-21(23)11-9-7-5-3-2-4-6-8-10-12-21/h22H,2-18H2,1H3. The van der Waals surface area contributed by atoms with Gasteiger partial charge in [-0.2, -0.15) is 0 Å². The van der Waals surface area contributed by atoms with Gasteiger partial charge in [-0.05, 0) is 58.5 Å². The molecule has 2 aliphatic heterocycles. The van der Waals surface area contributed by atoms with E-state index in [1.165, 1.54) is 57.8 Å². The second kappa shape index (κ2) is 8.96. The highest BCUT2D eigenvalue weighted by molar-refractivity contribution is 5.77. The number of ketones is 1. The molecule has 0 amide bonds. The summed E-state index contributed by atoms with van der Waals surface area (Å²) >= 11 is 0. The van der Waals surface area contributed by atoms with E-state index in [4.69, 9.17) is 4.74 Å². The van der Waals surface area contributed by atoms with Crippen LogP contribution in [0.25, 0.3) is 0 Å². The van der Waals surface area contributed by atoms with Gasteiger partial charge in [-0.3, -0.25) is 9.69 Å². The van der Waals surface area contributed by atoms with E-state index in [1.807, 2.05) is 0 Å². The first-order valence-electron chi connectivity index (χ1n) is 10.8. The summed E-state index contributed by atoms with van der Waals surface area (Å²) in [7, 11) is 0. The van der Waals surface area contributed by atoms with Gasteiger partial charge in [0.2, 0.25) is 0 Å². The fourth-order valence-electron chi connectivity index (χ4n) is 5.19. The largest absolute Gasteiger partial charge is 0.353 e. The van der Waals surface area contributed by atoms with Gasteiger partial charge in [0.1, 0.15) is 11.5 Å². The minimum atomic E-state index is -0.178. The second-order valence-electron chi connectivity index (χ2n) is 8.72. The predicted octanol–water partition coefficient (Wildman–Crippen LogP) is 4.03. The first kappa shape index (κ1) is 19.3. The Kier molecular flexibility index (Phi) is 6.93. The molecule has 1 saturated carbocycles. The molecular formula is C21H38N2O2. The molecular weight excluding hydrogens is 312 g/mol. The molecule has 1 aliphatic carbocycles. The van der Waals surface area contributed by atoms with Gasteiger partial charge >= 0.3 is 0 Å². The molecule has 3 aliphatic rings. The summed E-state index contributed by atoms with van der Waals surface area (Å²) in [4.78, 5) is 14.4. The Morgan fingerprint density at radius 2 is 1.40 bits per heavy atom. The zero-order chi connectivity index (χ0) is 17.6. The molecule has 0 aromatic heterocycles. The van der Waals surface area contributed by atoms with Crippen LogP contribution in [-0.2, 0) is 9.53 Å². The van der Waals surface area contributed by atoms with Crippen LogP contribution in [0.15, 0.2) is 0 Å². The molecule has 25 heavy (non-hydrogen) atoms. The first-order chi connectivity index (χ1) is 12.1. The highest BCUT2D eigenvalue weighted by Crippen LogP contribution is 2.45. The van der Waals surface area contributed by atoms with Gasteiger partial charge in [-0.1, -0.05) is 44.9 Å². The van der Waals surface area contributed by atoms with Crippen molar-refractivity contribution in [2.75, 3.05) is 26.2 Å². The zero-order valence-corrected chi connectivity index (χ0v) is 16.3. The normalized spacial score (nSPS) is 28.5. The van der Waals surface area contributed by atoms with Gasteiger partial charge in [0.15, 0.2) is 0 Å². The Balaban J connectivity index is 1.76. The monoisotopic (exact) mass is 350 g/mol. The lowest BCUT2D eigenvalue weighted by Crippen LogP contribution is -2.47. The Morgan fingerprint density at radius 1 is 0.880 bits per heavy atom. The molecule has 2 heterocycles. The fourth-order valence-corrected chi connectivity index (χ4v) is 5.19. The van der Waals surface area contributed by atoms with Crippen molar-refractivity contribution in [2.45, 2.75) is 102 Å². The summed E-state index contributed by atoms with van der Waals surface area (Å²) in [6.07, 6.45) is 16.4. The van der Waals surface area contributed by atoms with E-state index >= 15 is 0 Å². The number of nitrogens with one attached hydrogen (secondary N) is 1. The van der Waals surface area contributed by atoms with Gasteiger partial charge < -0.3 is 10.1 Å². The summed E-state index contributed by atoms with van der Waals surface area (Å²) < 4.78 is 6.97. The maximum absolute atomic E-state index is 12.0. The van der Waals surface area contributed by atoms with Crippen LogP contribution in [0.1, 0.15) is 90.4 Å². The van der Waals surface area contributed by atoms with Crippen LogP contribution in [0.5, 0.6) is 0 Å². The predicted molar refractivity (Wildman–Crippen MR) is 102 cm³/mol. The lowest BCUT2D eigenvalue weighted by atomic mass is 9.92. The highest BCUT2D eigenvalue weighted by Gasteiger charge is 2.53. The molecule has 0 unspecified atom stereocenters. The summed E-state index contributed by atoms with van der Waals surface area (Å²) in [5.41, 5.74) is -0.194. The van der Waals surface area contributed by atoms with Crippen LogP contribution in [0.2, 0.25) is 0 Å². The minimum absolute atomic E-state index is 0.0161. The Hall–Kier alpha value is -0.450. The third kappa shape index (κ3) is 5.05. The molecule has 2 spiro atoms. The van der Waals surface area contributed by atoms with Crippen LogP contribution < -0.4 is 5.32 Å². The summed E-state index contributed by atoms with van der Waals surface area (Å²) in [6.45, 7) is 5.34. The molecule has 3 fully saturated rings. The molecule has 4 nitrogen and oxygen atoms in total. The number of Topliss-reactive ketones (excluding diaryl/α,β-unsaturated/α-hetero) is 1. The third-order valence-corrected chi connectivity index (χ3v) is 6.52. The van der Waals surface area contributed by atoms with Gasteiger partial charge in [0, 0.05) is 6.54 Å². The van der Waals surface area contributed by atoms with Gasteiger partial charge in [-0.15, -0.1) is 0 Å². The summed E-state index contributed by atoms with van der Waals surface area (Å²) in [6, 6.07) is 0. The van der Waals surface area contributed by atoms with E-state index < -0.39 is 0 Å². The van der Waals surface area contributed by atoms with Crippen molar-refractivity contribution >= 4 is 5.78 Å². The second-order valence-corrected chi connectivity index (χ2v) is 8.72. The van der Waals surface area contributed by atoms with E-state index in [0.717, 1.165) is 45.3 Å². The van der Waals surface area contributed by atoms with Crippen molar-refractivity contribution in [3.63, 3.8) is 0 Å². The van der Waals surface area contributed by atoms with E-state index in [1.54, 1.807) is 6.92 Å². The first-order valence-corrected chi connectivity index (χ1v) is 10.8. The van der Waals surface area contributed by atoms with Crippen molar-refractivity contribution < 1.29 is 9.53 Å².